The molecule has 0 spiro atoms. The smallest absolute Gasteiger partial charge is 0.328 e. The Morgan fingerprint density at radius 2 is 1.91 bits per heavy atom. The number of carbonyl (C=O) groups is 2. The van der Waals surface area contributed by atoms with Gasteiger partial charge in [-0.15, -0.1) is 0 Å². The lowest BCUT2D eigenvalue weighted by molar-refractivity contribution is -0.142. The maximum absolute atomic E-state index is 12.3. The van der Waals surface area contributed by atoms with E-state index < -0.39 is 6.04 Å². The lowest BCUT2D eigenvalue weighted by Crippen LogP contribution is -2.36. The molecule has 32 heavy (non-hydrogen) atoms. The van der Waals surface area contributed by atoms with E-state index in [1.807, 2.05) is 50.2 Å². The molecule has 1 heterocycles. The molecule has 3 rings (SSSR count). The number of esters is 1. The van der Waals surface area contributed by atoms with Gasteiger partial charge in [0.25, 0.3) is 0 Å². The molecule has 0 aliphatic carbocycles. The minimum atomic E-state index is -0.568. The van der Waals surface area contributed by atoms with E-state index in [9.17, 15) is 9.59 Å². The Morgan fingerprint density at radius 1 is 1.12 bits per heavy atom. The first-order chi connectivity index (χ1) is 15.4. The zero-order valence-corrected chi connectivity index (χ0v) is 18.9. The van der Waals surface area contributed by atoms with Crippen LogP contribution in [0.1, 0.15) is 25.2 Å². The van der Waals surface area contributed by atoms with Crippen molar-refractivity contribution in [2.75, 3.05) is 12.4 Å². The Labute approximate surface area is 191 Å². The van der Waals surface area contributed by atoms with Crippen LogP contribution in [-0.4, -0.2) is 35.0 Å². The summed E-state index contributed by atoms with van der Waals surface area (Å²) in [4.78, 5) is 33.5. The van der Waals surface area contributed by atoms with E-state index in [0.717, 1.165) is 10.9 Å². The average Bonchev–Trinajstić information content (AvgIpc) is 2.79. The van der Waals surface area contributed by atoms with E-state index in [1.165, 1.54) is 13.2 Å². The van der Waals surface area contributed by atoms with Crippen molar-refractivity contribution >= 4 is 46.3 Å². The number of hydrogen-bond acceptors (Lipinski definition) is 6. The SMILES string of the molecule is COC(=O)[C@@H](Nc1nc(CNC(=O)/C=C/c2cccc(Cl)c2)nc2ccccc12)C(C)C. The van der Waals surface area contributed by atoms with Crippen LogP contribution < -0.4 is 10.6 Å². The zero-order chi connectivity index (χ0) is 23.1. The van der Waals surface area contributed by atoms with E-state index in [4.69, 9.17) is 16.3 Å². The minimum absolute atomic E-state index is 0.0176. The quantitative estimate of drug-likeness (QED) is 0.392. The number of ether oxygens (including phenoxy) is 1. The van der Waals surface area contributed by atoms with Crippen molar-refractivity contribution in [2.45, 2.75) is 26.4 Å². The molecule has 1 amide bonds. The van der Waals surface area contributed by atoms with Crippen molar-refractivity contribution in [3.8, 4) is 0 Å². The molecule has 2 aromatic carbocycles. The molecule has 1 aromatic heterocycles. The van der Waals surface area contributed by atoms with Gasteiger partial charge in [-0.2, -0.15) is 0 Å². The molecule has 0 unspecified atom stereocenters. The second kappa shape index (κ2) is 10.7. The van der Waals surface area contributed by atoms with E-state index in [0.29, 0.717) is 22.2 Å². The van der Waals surface area contributed by atoms with Gasteiger partial charge in [0.2, 0.25) is 5.91 Å². The summed E-state index contributed by atoms with van der Waals surface area (Å²) in [6, 6.07) is 14.1. The van der Waals surface area contributed by atoms with Crippen molar-refractivity contribution in [2.24, 2.45) is 5.92 Å². The summed E-state index contributed by atoms with van der Waals surface area (Å²) in [5.74, 6) is 0.256. The normalized spacial score (nSPS) is 12.2. The number of carbonyl (C=O) groups excluding carboxylic acids is 2. The van der Waals surface area contributed by atoms with E-state index in [1.54, 1.807) is 18.2 Å². The van der Waals surface area contributed by atoms with Crippen LogP contribution in [0, 0.1) is 5.92 Å². The van der Waals surface area contributed by atoms with Crippen LogP contribution in [0.15, 0.2) is 54.6 Å². The number of rotatable bonds is 8. The van der Waals surface area contributed by atoms with Gasteiger partial charge >= 0.3 is 5.97 Å². The highest BCUT2D eigenvalue weighted by Gasteiger charge is 2.24. The summed E-state index contributed by atoms with van der Waals surface area (Å²) >= 11 is 5.96. The molecule has 0 saturated heterocycles. The summed E-state index contributed by atoms with van der Waals surface area (Å²) in [5, 5.41) is 7.35. The summed E-state index contributed by atoms with van der Waals surface area (Å²) in [5.41, 5.74) is 1.53. The molecule has 0 bridgehead atoms. The summed E-state index contributed by atoms with van der Waals surface area (Å²) in [7, 11) is 1.36. The molecule has 8 heteroatoms. The largest absolute Gasteiger partial charge is 0.467 e. The molecule has 3 aromatic rings. The first-order valence-corrected chi connectivity index (χ1v) is 10.6. The second-order valence-electron chi connectivity index (χ2n) is 7.50. The molecule has 0 aliphatic rings. The Hall–Kier alpha value is -3.45. The third kappa shape index (κ3) is 6.04. The number of hydrogen-bond donors (Lipinski definition) is 2. The van der Waals surface area contributed by atoms with Gasteiger partial charge in [0.1, 0.15) is 11.9 Å². The first-order valence-electron chi connectivity index (χ1n) is 10.2. The van der Waals surface area contributed by atoms with Gasteiger partial charge < -0.3 is 15.4 Å². The Morgan fingerprint density at radius 3 is 2.62 bits per heavy atom. The van der Waals surface area contributed by atoms with Gasteiger partial charge in [0.05, 0.1) is 19.2 Å². The number of methoxy groups -OCH3 is 1. The molecule has 1 atom stereocenters. The first kappa shape index (κ1) is 23.2. The standard InChI is InChI=1S/C24H25ClN4O3/c1-15(2)22(24(31)32-3)29-23-18-9-4-5-10-19(18)27-20(28-23)14-26-21(30)12-11-16-7-6-8-17(25)13-16/h4-13,15,22H,14H2,1-3H3,(H,26,30)(H,27,28,29)/b12-11+/t22-/m0/s1. The van der Waals surface area contributed by atoms with E-state index in [2.05, 4.69) is 20.6 Å². The molecule has 7 nitrogen and oxygen atoms in total. The second-order valence-corrected chi connectivity index (χ2v) is 7.94. The average molecular weight is 453 g/mol. The fourth-order valence-electron chi connectivity index (χ4n) is 3.09. The molecule has 0 fully saturated rings. The van der Waals surface area contributed by atoms with Crippen LogP contribution in [0.2, 0.25) is 5.02 Å². The molecule has 2 N–H and O–H groups in total. The number of aromatic nitrogens is 2. The number of amides is 1. The van der Waals surface area contributed by atoms with Crippen LogP contribution in [0.3, 0.4) is 0 Å². The molecule has 0 aliphatic heterocycles. The van der Waals surface area contributed by atoms with Crippen molar-refractivity contribution in [3.05, 3.63) is 71.0 Å². The summed E-state index contributed by atoms with van der Waals surface area (Å²) in [6.07, 6.45) is 3.11. The number of halogens is 1. The zero-order valence-electron chi connectivity index (χ0n) is 18.1. The molecule has 166 valence electrons. The van der Waals surface area contributed by atoms with Gasteiger partial charge in [-0.05, 0) is 41.8 Å². The molecular weight excluding hydrogens is 428 g/mol. The Balaban J connectivity index is 1.78. The number of benzene rings is 2. The van der Waals surface area contributed by atoms with E-state index in [-0.39, 0.29) is 24.3 Å². The van der Waals surface area contributed by atoms with Crippen molar-refractivity contribution in [3.63, 3.8) is 0 Å². The van der Waals surface area contributed by atoms with Gasteiger partial charge in [0.15, 0.2) is 5.82 Å². The minimum Gasteiger partial charge on any atom is -0.467 e. The van der Waals surface area contributed by atoms with Crippen LogP contribution in [-0.2, 0) is 20.9 Å². The number of para-hydroxylation sites is 1. The van der Waals surface area contributed by atoms with E-state index >= 15 is 0 Å². The number of anilines is 1. The fraction of sp³-hybridized carbons (Fsp3) is 0.250. The van der Waals surface area contributed by atoms with Crippen molar-refractivity contribution < 1.29 is 14.3 Å². The van der Waals surface area contributed by atoms with Crippen molar-refractivity contribution in [1.29, 1.82) is 0 Å². The Bertz CT molecular complexity index is 1150. The van der Waals surface area contributed by atoms with Gasteiger partial charge in [-0.1, -0.05) is 49.7 Å². The van der Waals surface area contributed by atoms with Crippen LogP contribution in [0.4, 0.5) is 5.82 Å². The number of nitrogens with one attached hydrogen (secondary N) is 2. The maximum atomic E-state index is 12.3. The maximum Gasteiger partial charge on any atom is 0.328 e. The Kier molecular flexibility index (Phi) is 7.78. The van der Waals surface area contributed by atoms with Crippen LogP contribution >= 0.6 is 11.6 Å². The van der Waals surface area contributed by atoms with Gasteiger partial charge in [0, 0.05) is 16.5 Å². The predicted molar refractivity (Wildman–Crippen MR) is 126 cm³/mol. The highest BCUT2D eigenvalue weighted by molar-refractivity contribution is 6.30. The van der Waals surface area contributed by atoms with Gasteiger partial charge in [-0.25, -0.2) is 14.8 Å². The summed E-state index contributed by atoms with van der Waals surface area (Å²) < 4.78 is 4.92. The monoisotopic (exact) mass is 452 g/mol. The van der Waals surface area contributed by atoms with Crippen LogP contribution in [0.5, 0.6) is 0 Å². The van der Waals surface area contributed by atoms with Gasteiger partial charge in [-0.3, -0.25) is 4.79 Å². The predicted octanol–water partition coefficient (Wildman–Crippen LogP) is 4.22. The molecule has 0 saturated carbocycles. The highest BCUT2D eigenvalue weighted by atomic mass is 35.5. The topological polar surface area (TPSA) is 93.2 Å². The number of nitrogens with zero attached hydrogens (tertiary/aromatic N) is 2. The highest BCUT2D eigenvalue weighted by Crippen LogP contribution is 2.22. The molecular formula is C24H25ClN4O3. The third-order valence-electron chi connectivity index (χ3n) is 4.76. The molecule has 0 radical (unpaired) electrons. The lowest BCUT2D eigenvalue weighted by Gasteiger charge is -2.21. The van der Waals surface area contributed by atoms with Crippen molar-refractivity contribution in [1.82, 2.24) is 15.3 Å². The number of fused-ring (bicyclic) bond motifs is 1. The fourth-order valence-corrected chi connectivity index (χ4v) is 3.29. The summed E-state index contributed by atoms with van der Waals surface area (Å²) in [6.45, 7) is 3.97. The third-order valence-corrected chi connectivity index (χ3v) is 5.00. The van der Waals surface area contributed by atoms with Crippen LogP contribution in [0.25, 0.3) is 17.0 Å². The lowest BCUT2D eigenvalue weighted by atomic mass is 10.0.